The first-order valence-electron chi connectivity index (χ1n) is 7.41. The van der Waals surface area contributed by atoms with Crippen molar-refractivity contribution in [3.05, 3.63) is 58.6 Å². The fraction of sp³-hybridized carbons (Fsp3) is 0.333. The van der Waals surface area contributed by atoms with E-state index in [2.05, 4.69) is 88.8 Å². The average molecular weight is 345 g/mol. The second kappa shape index (κ2) is 6.10. The molecule has 0 spiro atoms. The summed E-state index contributed by atoms with van der Waals surface area (Å²) < 4.78 is 1.15. The van der Waals surface area contributed by atoms with E-state index in [1.54, 1.807) is 0 Å². The van der Waals surface area contributed by atoms with Crippen LogP contribution in [0.1, 0.15) is 24.3 Å². The molecule has 0 saturated heterocycles. The SMILES string of the molecule is CN(C)c1cccc(NC2CC(c3ccc(Br)cc3)C2)c1. The van der Waals surface area contributed by atoms with E-state index in [0.717, 1.165) is 4.47 Å². The molecule has 0 amide bonds. The zero-order valence-corrected chi connectivity index (χ0v) is 14.1. The van der Waals surface area contributed by atoms with Crippen molar-refractivity contribution in [2.24, 2.45) is 0 Å². The van der Waals surface area contributed by atoms with Gasteiger partial charge in [0.05, 0.1) is 0 Å². The van der Waals surface area contributed by atoms with E-state index < -0.39 is 0 Å². The molecular weight excluding hydrogens is 324 g/mol. The molecule has 0 radical (unpaired) electrons. The van der Waals surface area contributed by atoms with Crippen molar-refractivity contribution in [2.45, 2.75) is 24.8 Å². The van der Waals surface area contributed by atoms with Crippen LogP contribution in [0.5, 0.6) is 0 Å². The van der Waals surface area contributed by atoms with Crippen molar-refractivity contribution in [3.63, 3.8) is 0 Å². The van der Waals surface area contributed by atoms with E-state index in [9.17, 15) is 0 Å². The molecule has 3 rings (SSSR count). The zero-order valence-electron chi connectivity index (χ0n) is 12.5. The van der Waals surface area contributed by atoms with Crippen LogP contribution in [0.15, 0.2) is 53.0 Å². The number of hydrogen-bond acceptors (Lipinski definition) is 2. The van der Waals surface area contributed by atoms with Crippen molar-refractivity contribution < 1.29 is 0 Å². The van der Waals surface area contributed by atoms with Gasteiger partial charge in [-0.15, -0.1) is 0 Å². The predicted octanol–water partition coefficient (Wildman–Crippen LogP) is 4.87. The molecule has 1 aliphatic carbocycles. The fourth-order valence-electron chi connectivity index (χ4n) is 2.85. The number of rotatable bonds is 4. The van der Waals surface area contributed by atoms with Gasteiger partial charge in [-0.1, -0.05) is 34.1 Å². The molecular formula is C18H21BrN2. The maximum atomic E-state index is 3.65. The highest BCUT2D eigenvalue weighted by atomic mass is 79.9. The number of anilines is 2. The molecule has 110 valence electrons. The maximum absolute atomic E-state index is 3.65. The fourth-order valence-corrected chi connectivity index (χ4v) is 3.12. The molecule has 2 aromatic rings. The molecule has 2 aromatic carbocycles. The lowest BCUT2D eigenvalue weighted by molar-refractivity contribution is 0.374. The van der Waals surface area contributed by atoms with E-state index >= 15 is 0 Å². The Morgan fingerprint density at radius 2 is 1.76 bits per heavy atom. The van der Waals surface area contributed by atoms with E-state index in [4.69, 9.17) is 0 Å². The van der Waals surface area contributed by atoms with Gasteiger partial charge in [0.15, 0.2) is 0 Å². The molecule has 0 aromatic heterocycles. The molecule has 0 atom stereocenters. The minimum Gasteiger partial charge on any atom is -0.382 e. The Balaban J connectivity index is 1.57. The number of nitrogens with one attached hydrogen (secondary N) is 1. The molecule has 2 nitrogen and oxygen atoms in total. The number of hydrogen-bond donors (Lipinski definition) is 1. The summed E-state index contributed by atoms with van der Waals surface area (Å²) >= 11 is 3.49. The Morgan fingerprint density at radius 3 is 2.43 bits per heavy atom. The lowest BCUT2D eigenvalue weighted by atomic mass is 9.76. The van der Waals surface area contributed by atoms with Gasteiger partial charge in [-0.2, -0.15) is 0 Å². The molecule has 21 heavy (non-hydrogen) atoms. The molecule has 1 N–H and O–H groups in total. The zero-order chi connectivity index (χ0) is 14.8. The van der Waals surface area contributed by atoms with Crippen molar-refractivity contribution in [1.82, 2.24) is 0 Å². The molecule has 1 aliphatic rings. The topological polar surface area (TPSA) is 15.3 Å². The van der Waals surface area contributed by atoms with Gasteiger partial charge < -0.3 is 10.2 Å². The highest BCUT2D eigenvalue weighted by molar-refractivity contribution is 9.10. The largest absolute Gasteiger partial charge is 0.382 e. The second-order valence-electron chi connectivity index (χ2n) is 6.01. The molecule has 0 unspecified atom stereocenters. The molecule has 1 fully saturated rings. The second-order valence-corrected chi connectivity index (χ2v) is 6.92. The predicted molar refractivity (Wildman–Crippen MR) is 94.3 cm³/mol. The first-order valence-corrected chi connectivity index (χ1v) is 8.20. The number of nitrogens with zero attached hydrogens (tertiary/aromatic N) is 1. The molecule has 0 aliphatic heterocycles. The lowest BCUT2D eigenvalue weighted by Crippen LogP contribution is -2.34. The van der Waals surface area contributed by atoms with Gasteiger partial charge in [0.25, 0.3) is 0 Å². The van der Waals surface area contributed by atoms with Crippen LogP contribution in [0, 0.1) is 0 Å². The molecule has 3 heteroatoms. The van der Waals surface area contributed by atoms with Crippen molar-refractivity contribution in [2.75, 3.05) is 24.3 Å². The third-order valence-corrected chi connectivity index (χ3v) is 4.74. The van der Waals surface area contributed by atoms with E-state index in [1.807, 2.05) is 0 Å². The van der Waals surface area contributed by atoms with Gasteiger partial charge in [-0.3, -0.25) is 0 Å². The van der Waals surface area contributed by atoms with Gasteiger partial charge in [-0.25, -0.2) is 0 Å². The third-order valence-electron chi connectivity index (χ3n) is 4.21. The monoisotopic (exact) mass is 344 g/mol. The summed E-state index contributed by atoms with van der Waals surface area (Å²) in [4.78, 5) is 2.14. The van der Waals surface area contributed by atoms with Gasteiger partial charge in [0.2, 0.25) is 0 Å². The van der Waals surface area contributed by atoms with Gasteiger partial charge >= 0.3 is 0 Å². The first-order chi connectivity index (χ1) is 10.1. The van der Waals surface area contributed by atoms with Crippen LogP contribution < -0.4 is 10.2 Å². The Morgan fingerprint density at radius 1 is 1.05 bits per heavy atom. The van der Waals surface area contributed by atoms with Crippen LogP contribution in [-0.2, 0) is 0 Å². The van der Waals surface area contributed by atoms with Gasteiger partial charge in [-0.05, 0) is 54.7 Å². The Hall–Kier alpha value is -1.48. The standard InChI is InChI=1S/C18H21BrN2/c1-21(2)18-5-3-4-16(12-18)20-17-10-14(11-17)13-6-8-15(19)9-7-13/h3-9,12,14,17,20H,10-11H2,1-2H3. The Labute approximate surface area is 135 Å². The van der Waals surface area contributed by atoms with E-state index in [1.165, 1.54) is 29.8 Å². The van der Waals surface area contributed by atoms with Crippen LogP contribution in [0.2, 0.25) is 0 Å². The molecule has 1 saturated carbocycles. The Bertz CT molecular complexity index is 601. The summed E-state index contributed by atoms with van der Waals surface area (Å²) in [6, 6.07) is 17.9. The maximum Gasteiger partial charge on any atom is 0.0381 e. The van der Waals surface area contributed by atoms with Crippen LogP contribution in [0.25, 0.3) is 0 Å². The Kier molecular flexibility index (Phi) is 4.20. The smallest absolute Gasteiger partial charge is 0.0381 e. The summed E-state index contributed by atoms with van der Waals surface area (Å²) in [6.45, 7) is 0. The minimum atomic E-state index is 0.594. The summed E-state index contributed by atoms with van der Waals surface area (Å²) in [5.74, 6) is 0.702. The highest BCUT2D eigenvalue weighted by Crippen LogP contribution is 2.39. The average Bonchev–Trinajstić information content (AvgIpc) is 2.44. The van der Waals surface area contributed by atoms with Crippen LogP contribution in [0.3, 0.4) is 0 Å². The van der Waals surface area contributed by atoms with Crippen molar-refractivity contribution in [1.29, 1.82) is 0 Å². The van der Waals surface area contributed by atoms with Crippen LogP contribution in [0.4, 0.5) is 11.4 Å². The van der Waals surface area contributed by atoms with E-state index in [0.29, 0.717) is 12.0 Å². The van der Waals surface area contributed by atoms with Crippen molar-refractivity contribution >= 4 is 27.3 Å². The van der Waals surface area contributed by atoms with Crippen molar-refractivity contribution in [3.8, 4) is 0 Å². The van der Waals surface area contributed by atoms with Crippen LogP contribution in [-0.4, -0.2) is 20.1 Å². The summed E-state index contributed by atoms with van der Waals surface area (Å²) in [5, 5.41) is 3.65. The highest BCUT2D eigenvalue weighted by Gasteiger charge is 2.30. The van der Waals surface area contributed by atoms with E-state index in [-0.39, 0.29) is 0 Å². The summed E-state index contributed by atoms with van der Waals surface area (Å²) in [7, 11) is 4.15. The quantitative estimate of drug-likeness (QED) is 0.850. The lowest BCUT2D eigenvalue weighted by Gasteiger charge is -2.37. The third kappa shape index (κ3) is 3.41. The molecule has 0 heterocycles. The number of halogens is 1. The normalized spacial score (nSPS) is 20.7. The molecule has 0 bridgehead atoms. The summed E-state index contributed by atoms with van der Waals surface area (Å²) in [6.07, 6.45) is 2.43. The van der Waals surface area contributed by atoms with Gasteiger partial charge in [0.1, 0.15) is 0 Å². The summed E-state index contributed by atoms with van der Waals surface area (Å²) in [5.41, 5.74) is 3.92. The van der Waals surface area contributed by atoms with Crippen LogP contribution >= 0.6 is 15.9 Å². The first kappa shape index (κ1) is 14.5. The minimum absolute atomic E-state index is 0.594. The van der Waals surface area contributed by atoms with Gasteiger partial charge in [0, 0.05) is 36.0 Å². The number of benzene rings is 2.